The van der Waals surface area contributed by atoms with Crippen LogP contribution < -0.4 is 0 Å². The van der Waals surface area contributed by atoms with Crippen LogP contribution in [-0.4, -0.2) is 40.3 Å². The van der Waals surface area contributed by atoms with Crippen LogP contribution >= 0.6 is 23.2 Å². The van der Waals surface area contributed by atoms with Crippen molar-refractivity contribution in [3.8, 4) is 0 Å². The predicted octanol–water partition coefficient (Wildman–Crippen LogP) is 5.79. The molecule has 1 amide bonds. The second-order valence-corrected chi connectivity index (χ2v) is 11.0. The van der Waals surface area contributed by atoms with E-state index in [2.05, 4.69) is 6.58 Å². The molecular formula is C27H31Cl2FNO3+. The largest absolute Gasteiger partial charge is 0.390 e. The Hall–Kier alpha value is -1.76. The van der Waals surface area contributed by atoms with Gasteiger partial charge in [-0.05, 0) is 68.5 Å². The Morgan fingerprint density at radius 3 is 2.53 bits per heavy atom. The summed E-state index contributed by atoms with van der Waals surface area (Å²) in [4.78, 5) is 14.4. The van der Waals surface area contributed by atoms with Crippen LogP contribution in [0.4, 0.5) is 4.39 Å². The van der Waals surface area contributed by atoms with Gasteiger partial charge in [0.1, 0.15) is 11.9 Å². The number of aliphatic hydroxyl groups excluding tert-OH is 1. The lowest BCUT2D eigenvalue weighted by molar-refractivity contribution is -0.959. The molecule has 7 heteroatoms. The number of quaternary nitrogens is 1. The maximum atomic E-state index is 14.8. The number of carbonyl (C=O) groups excluding carboxylic acids is 1. The first kappa shape index (κ1) is 25.3. The molecule has 2 aliphatic rings. The van der Waals surface area contributed by atoms with Gasteiger partial charge in [0.05, 0.1) is 30.0 Å². The van der Waals surface area contributed by atoms with Crippen LogP contribution in [0.3, 0.4) is 0 Å². The lowest BCUT2D eigenvalue weighted by Crippen LogP contribution is -2.76. The van der Waals surface area contributed by atoms with Crippen molar-refractivity contribution in [1.29, 1.82) is 0 Å². The first-order chi connectivity index (χ1) is 16.0. The highest BCUT2D eigenvalue weighted by molar-refractivity contribution is 6.31. The Labute approximate surface area is 210 Å². The molecule has 5 atom stereocenters. The second kappa shape index (κ2) is 9.03. The average molecular weight is 507 g/mol. The molecule has 2 aromatic carbocycles. The molecule has 4 nitrogen and oxygen atoms in total. The molecule has 1 saturated heterocycles. The first-order valence-corrected chi connectivity index (χ1v) is 12.3. The van der Waals surface area contributed by atoms with Gasteiger partial charge in [0.2, 0.25) is 5.72 Å². The molecule has 2 aromatic rings. The number of likely N-dealkylation sites (N-methyl/N-ethyl adjacent to an activating group) is 1. The fourth-order valence-corrected chi connectivity index (χ4v) is 6.41. The number of amides is 1. The summed E-state index contributed by atoms with van der Waals surface area (Å²) in [5.41, 5.74) is -1.74. The molecule has 1 aliphatic carbocycles. The number of allylic oxidation sites excluding steroid dienone is 1. The third kappa shape index (κ3) is 3.82. The van der Waals surface area contributed by atoms with Gasteiger partial charge in [-0.3, -0.25) is 0 Å². The summed E-state index contributed by atoms with van der Waals surface area (Å²) >= 11 is 12.3. The highest BCUT2D eigenvalue weighted by atomic mass is 35.5. The SMILES string of the molecule is C=CC[C@@]1(C)C[C@H](c2cccc(Cl)c2)[C@](O)(c2ccc(Cl)c(F)c2)[N+](C)([C@H](CO)C2CC2)C1=O. The molecule has 1 unspecified atom stereocenters. The standard InChI is InChI=1S/C27H31Cl2FNO3/c1-4-12-26(2)15-21(18-6-5-7-20(28)13-18)27(34,19-10-11-22(29)23(30)14-19)31(3,25(26)33)24(16-32)17-8-9-17/h4-7,10-11,13-14,17,21,24,32,34H,1,8-9,12,15-16H2,2-3H3/q+1/t21-,24-,26+,27-,31?/m1/s1. The maximum Gasteiger partial charge on any atom is 0.322 e. The zero-order valence-electron chi connectivity index (χ0n) is 19.5. The molecule has 2 fully saturated rings. The molecule has 1 heterocycles. The van der Waals surface area contributed by atoms with Crippen molar-refractivity contribution in [2.75, 3.05) is 13.7 Å². The molecule has 0 aromatic heterocycles. The molecule has 0 spiro atoms. The van der Waals surface area contributed by atoms with Crippen LogP contribution in [0.15, 0.2) is 55.1 Å². The van der Waals surface area contributed by atoms with E-state index < -0.39 is 33.4 Å². The van der Waals surface area contributed by atoms with E-state index in [4.69, 9.17) is 23.2 Å². The van der Waals surface area contributed by atoms with Crippen molar-refractivity contribution < 1.29 is 23.9 Å². The number of nitrogens with zero attached hydrogens (tertiary/aromatic N) is 1. The van der Waals surface area contributed by atoms with Gasteiger partial charge in [0, 0.05) is 16.5 Å². The van der Waals surface area contributed by atoms with Crippen molar-refractivity contribution in [2.24, 2.45) is 11.3 Å². The molecule has 0 bridgehead atoms. The van der Waals surface area contributed by atoms with E-state index in [0.29, 0.717) is 17.9 Å². The summed E-state index contributed by atoms with van der Waals surface area (Å²) in [6.07, 6.45) is 4.14. The topological polar surface area (TPSA) is 57.5 Å². The molecule has 34 heavy (non-hydrogen) atoms. The van der Waals surface area contributed by atoms with Gasteiger partial charge in [-0.15, -0.1) is 6.58 Å². The third-order valence-corrected chi connectivity index (χ3v) is 8.54. The van der Waals surface area contributed by atoms with Gasteiger partial charge in [-0.2, -0.15) is 0 Å². The quantitative estimate of drug-likeness (QED) is 0.369. The lowest BCUT2D eigenvalue weighted by atomic mass is 9.63. The molecule has 182 valence electrons. The number of aliphatic hydroxyl groups is 2. The predicted molar refractivity (Wildman–Crippen MR) is 132 cm³/mol. The Kier molecular flexibility index (Phi) is 6.73. The van der Waals surface area contributed by atoms with Gasteiger partial charge in [0.15, 0.2) is 0 Å². The number of likely N-dealkylation sites (tertiary alicyclic amines) is 1. The van der Waals surface area contributed by atoms with Crippen LogP contribution in [0, 0.1) is 17.2 Å². The number of hydrogen-bond donors (Lipinski definition) is 2. The average Bonchev–Trinajstić information content (AvgIpc) is 3.63. The van der Waals surface area contributed by atoms with Gasteiger partial charge >= 0.3 is 5.91 Å². The minimum Gasteiger partial charge on any atom is -0.390 e. The smallest absolute Gasteiger partial charge is 0.322 e. The van der Waals surface area contributed by atoms with Gasteiger partial charge < -0.3 is 10.2 Å². The fraction of sp³-hybridized carbons (Fsp3) is 0.444. The highest BCUT2D eigenvalue weighted by Gasteiger charge is 2.71. The van der Waals surface area contributed by atoms with Crippen molar-refractivity contribution in [3.63, 3.8) is 0 Å². The maximum absolute atomic E-state index is 14.8. The summed E-state index contributed by atoms with van der Waals surface area (Å²) in [6, 6.07) is 10.8. The number of halogens is 3. The van der Waals surface area contributed by atoms with E-state index in [-0.39, 0.29) is 29.0 Å². The zero-order chi connectivity index (χ0) is 24.9. The number of carbonyl (C=O) groups is 1. The Morgan fingerprint density at radius 2 is 1.97 bits per heavy atom. The number of benzene rings is 2. The molecular weight excluding hydrogens is 476 g/mol. The summed E-state index contributed by atoms with van der Waals surface area (Å²) in [5.74, 6) is -1.42. The van der Waals surface area contributed by atoms with Crippen molar-refractivity contribution in [2.45, 2.75) is 50.3 Å². The van der Waals surface area contributed by atoms with E-state index in [1.165, 1.54) is 12.1 Å². The second-order valence-electron chi connectivity index (χ2n) is 10.2. The van der Waals surface area contributed by atoms with Crippen molar-refractivity contribution in [3.05, 3.63) is 82.1 Å². The molecule has 4 rings (SSSR count). The molecule has 1 saturated carbocycles. The van der Waals surface area contributed by atoms with Crippen molar-refractivity contribution in [1.82, 2.24) is 0 Å². The summed E-state index contributed by atoms with van der Waals surface area (Å²) < 4.78 is 14.3. The minimum atomic E-state index is -1.87. The van der Waals surface area contributed by atoms with Crippen LogP contribution in [0.25, 0.3) is 0 Å². The van der Waals surface area contributed by atoms with E-state index >= 15 is 0 Å². The Bertz CT molecular complexity index is 1120. The highest BCUT2D eigenvalue weighted by Crippen LogP contribution is 2.59. The minimum absolute atomic E-state index is 0.0691. The summed E-state index contributed by atoms with van der Waals surface area (Å²) in [7, 11) is 1.69. The van der Waals surface area contributed by atoms with Gasteiger partial charge in [-0.25, -0.2) is 13.7 Å². The monoisotopic (exact) mass is 506 g/mol. The summed E-state index contributed by atoms with van der Waals surface area (Å²) in [6.45, 7) is 5.47. The third-order valence-electron chi connectivity index (χ3n) is 7.99. The summed E-state index contributed by atoms with van der Waals surface area (Å²) in [5, 5.41) is 23.8. The number of rotatable bonds is 7. The lowest BCUT2D eigenvalue weighted by Gasteiger charge is -2.59. The van der Waals surface area contributed by atoms with E-state index in [0.717, 1.165) is 18.4 Å². The fourth-order valence-electron chi connectivity index (χ4n) is 6.10. The Balaban J connectivity index is 2.05. The first-order valence-electron chi connectivity index (χ1n) is 11.6. The Morgan fingerprint density at radius 1 is 1.26 bits per heavy atom. The van der Waals surface area contributed by atoms with Gasteiger partial charge in [-0.1, -0.05) is 41.4 Å². The van der Waals surface area contributed by atoms with Crippen LogP contribution in [0.1, 0.15) is 49.7 Å². The molecule has 1 aliphatic heterocycles. The number of hydrogen-bond acceptors (Lipinski definition) is 3. The van der Waals surface area contributed by atoms with Gasteiger partial charge in [0.25, 0.3) is 0 Å². The van der Waals surface area contributed by atoms with Crippen LogP contribution in [-0.2, 0) is 10.5 Å². The molecule has 2 N–H and O–H groups in total. The van der Waals surface area contributed by atoms with E-state index in [1.54, 1.807) is 37.4 Å². The van der Waals surface area contributed by atoms with Crippen LogP contribution in [0.5, 0.6) is 0 Å². The van der Waals surface area contributed by atoms with Crippen molar-refractivity contribution >= 4 is 29.1 Å². The van der Waals surface area contributed by atoms with Crippen LogP contribution in [0.2, 0.25) is 10.0 Å². The van der Waals surface area contributed by atoms with E-state index in [1.807, 2.05) is 13.0 Å². The molecule has 0 radical (unpaired) electrons. The normalized spacial score (nSPS) is 32.4. The number of piperidine rings is 1. The zero-order valence-corrected chi connectivity index (χ0v) is 21.0. The van der Waals surface area contributed by atoms with E-state index in [9.17, 15) is 19.4 Å².